The lowest BCUT2D eigenvalue weighted by Gasteiger charge is -2.26. The second-order valence-corrected chi connectivity index (χ2v) is 7.89. The SMILES string of the molecule is Cc1nn(C2CCC2)c2cnn(CC(=O)N[C@@H](C)c3ccc(C(F)(F)F)cc3)c(=O)c12. The number of alkyl halides is 3. The van der Waals surface area contributed by atoms with E-state index in [0.717, 1.165) is 36.1 Å². The lowest BCUT2D eigenvalue weighted by molar-refractivity contribution is -0.137. The van der Waals surface area contributed by atoms with Crippen molar-refractivity contribution in [3.8, 4) is 0 Å². The van der Waals surface area contributed by atoms with Gasteiger partial charge in [-0.05, 0) is 50.8 Å². The number of hydrogen-bond acceptors (Lipinski definition) is 4. The number of aryl methyl sites for hydroxylation is 1. The molecular formula is C21H22F3N5O2. The van der Waals surface area contributed by atoms with Crippen molar-refractivity contribution in [2.75, 3.05) is 0 Å². The lowest BCUT2D eigenvalue weighted by atomic mass is 9.93. The summed E-state index contributed by atoms with van der Waals surface area (Å²) in [6.45, 7) is 3.12. The minimum atomic E-state index is -4.42. The van der Waals surface area contributed by atoms with E-state index < -0.39 is 29.2 Å². The Balaban J connectivity index is 1.49. The summed E-state index contributed by atoms with van der Waals surface area (Å²) in [5.74, 6) is -0.467. The third kappa shape index (κ3) is 4.06. The van der Waals surface area contributed by atoms with Crippen LogP contribution >= 0.6 is 0 Å². The van der Waals surface area contributed by atoms with Gasteiger partial charge in [0, 0.05) is 0 Å². The number of amides is 1. The molecule has 0 spiro atoms. The van der Waals surface area contributed by atoms with Gasteiger partial charge < -0.3 is 5.32 Å². The molecule has 0 radical (unpaired) electrons. The topological polar surface area (TPSA) is 81.8 Å². The molecule has 31 heavy (non-hydrogen) atoms. The molecule has 1 aromatic carbocycles. The monoisotopic (exact) mass is 433 g/mol. The van der Waals surface area contributed by atoms with Gasteiger partial charge >= 0.3 is 6.18 Å². The molecule has 164 valence electrons. The largest absolute Gasteiger partial charge is 0.416 e. The number of nitrogens with one attached hydrogen (secondary N) is 1. The van der Waals surface area contributed by atoms with Crippen LogP contribution < -0.4 is 10.9 Å². The van der Waals surface area contributed by atoms with Crippen LogP contribution in [0.4, 0.5) is 13.2 Å². The average Bonchev–Trinajstić information content (AvgIpc) is 2.98. The second kappa shape index (κ2) is 7.82. The molecule has 2 aromatic heterocycles. The van der Waals surface area contributed by atoms with Crippen molar-refractivity contribution in [2.24, 2.45) is 0 Å². The van der Waals surface area contributed by atoms with Crippen molar-refractivity contribution >= 4 is 16.8 Å². The molecule has 1 N–H and O–H groups in total. The number of aromatic nitrogens is 4. The summed E-state index contributed by atoms with van der Waals surface area (Å²) in [5, 5.41) is 11.8. The molecule has 0 aliphatic heterocycles. The Morgan fingerprint density at radius 1 is 1.26 bits per heavy atom. The van der Waals surface area contributed by atoms with E-state index in [2.05, 4.69) is 15.5 Å². The van der Waals surface area contributed by atoms with Gasteiger partial charge in [0.15, 0.2) is 0 Å². The summed E-state index contributed by atoms with van der Waals surface area (Å²) in [7, 11) is 0. The van der Waals surface area contributed by atoms with Crippen molar-refractivity contribution in [1.82, 2.24) is 24.9 Å². The van der Waals surface area contributed by atoms with E-state index >= 15 is 0 Å². The number of halogens is 3. The van der Waals surface area contributed by atoms with E-state index in [1.807, 2.05) is 4.68 Å². The fourth-order valence-corrected chi connectivity index (χ4v) is 3.75. The normalized spacial score (nSPS) is 15.6. The van der Waals surface area contributed by atoms with E-state index in [-0.39, 0.29) is 12.6 Å². The quantitative estimate of drug-likeness (QED) is 0.668. The zero-order valence-electron chi connectivity index (χ0n) is 17.1. The number of nitrogens with zero attached hydrogens (tertiary/aromatic N) is 4. The number of carbonyl (C=O) groups excluding carboxylic acids is 1. The number of rotatable bonds is 5. The highest BCUT2D eigenvalue weighted by molar-refractivity contribution is 5.81. The van der Waals surface area contributed by atoms with E-state index in [9.17, 15) is 22.8 Å². The summed E-state index contributed by atoms with van der Waals surface area (Å²) >= 11 is 0. The fourth-order valence-electron chi connectivity index (χ4n) is 3.75. The van der Waals surface area contributed by atoms with E-state index in [4.69, 9.17) is 0 Å². The van der Waals surface area contributed by atoms with Crippen LogP contribution in [0.15, 0.2) is 35.3 Å². The van der Waals surface area contributed by atoms with Crippen molar-refractivity contribution in [3.05, 3.63) is 57.6 Å². The maximum absolute atomic E-state index is 12.9. The number of carbonyl (C=O) groups is 1. The molecule has 1 fully saturated rings. The van der Waals surface area contributed by atoms with Crippen molar-refractivity contribution < 1.29 is 18.0 Å². The van der Waals surface area contributed by atoms with Gasteiger partial charge in [0.05, 0.1) is 40.4 Å². The Labute approximate surface area is 175 Å². The summed E-state index contributed by atoms with van der Waals surface area (Å²) in [6.07, 6.45) is 0.308. The number of hydrogen-bond donors (Lipinski definition) is 1. The van der Waals surface area contributed by atoms with Crippen LogP contribution in [0.25, 0.3) is 10.9 Å². The summed E-state index contributed by atoms with van der Waals surface area (Å²) in [6, 6.07) is 4.34. The first kappa shape index (κ1) is 21.1. The van der Waals surface area contributed by atoms with Gasteiger partial charge in [0.1, 0.15) is 6.54 Å². The van der Waals surface area contributed by atoms with Gasteiger partial charge in [-0.2, -0.15) is 23.4 Å². The van der Waals surface area contributed by atoms with Gasteiger partial charge in [-0.15, -0.1) is 0 Å². The number of benzene rings is 1. The Morgan fingerprint density at radius 3 is 2.52 bits per heavy atom. The zero-order valence-corrected chi connectivity index (χ0v) is 17.1. The van der Waals surface area contributed by atoms with Crippen LogP contribution in [-0.2, 0) is 17.5 Å². The summed E-state index contributed by atoms with van der Waals surface area (Å²) < 4.78 is 41.0. The van der Waals surface area contributed by atoms with Crippen LogP contribution in [0, 0.1) is 6.92 Å². The standard InChI is InChI=1S/C21H22F3N5O2/c1-12(14-6-8-15(9-7-14)21(22,23)24)26-18(30)11-28-20(31)19-13(2)27-29(16-4-3-5-16)17(19)10-25-28/h6-10,12,16H,3-5,11H2,1-2H3,(H,26,30)/t12-/m0/s1. The molecule has 4 rings (SSSR count). The lowest BCUT2D eigenvalue weighted by Crippen LogP contribution is -2.35. The van der Waals surface area contributed by atoms with Gasteiger partial charge in [0.2, 0.25) is 5.91 Å². The molecule has 1 aliphatic carbocycles. The Morgan fingerprint density at radius 2 is 1.94 bits per heavy atom. The third-order valence-corrected chi connectivity index (χ3v) is 5.72. The van der Waals surface area contributed by atoms with Crippen LogP contribution in [0.2, 0.25) is 0 Å². The fraction of sp³-hybridized carbons (Fsp3) is 0.429. The predicted molar refractivity (Wildman–Crippen MR) is 107 cm³/mol. The average molecular weight is 433 g/mol. The predicted octanol–water partition coefficient (Wildman–Crippen LogP) is 3.52. The molecule has 1 amide bonds. The Bertz CT molecular complexity index is 1180. The van der Waals surface area contributed by atoms with Crippen LogP contribution in [0.1, 0.15) is 55.1 Å². The zero-order chi connectivity index (χ0) is 22.3. The van der Waals surface area contributed by atoms with E-state index in [1.54, 1.807) is 20.0 Å². The van der Waals surface area contributed by atoms with E-state index in [0.29, 0.717) is 22.2 Å². The van der Waals surface area contributed by atoms with Gasteiger partial charge in [-0.25, -0.2) is 4.68 Å². The molecule has 0 bridgehead atoms. The molecule has 3 aromatic rings. The van der Waals surface area contributed by atoms with Crippen molar-refractivity contribution in [1.29, 1.82) is 0 Å². The Hall–Kier alpha value is -3.17. The molecule has 0 saturated heterocycles. The third-order valence-electron chi connectivity index (χ3n) is 5.72. The first-order valence-electron chi connectivity index (χ1n) is 10.1. The van der Waals surface area contributed by atoms with Crippen LogP contribution in [-0.4, -0.2) is 25.5 Å². The maximum atomic E-state index is 12.9. The molecule has 10 heteroatoms. The first-order chi connectivity index (χ1) is 14.6. The van der Waals surface area contributed by atoms with Crippen molar-refractivity contribution in [3.63, 3.8) is 0 Å². The van der Waals surface area contributed by atoms with Crippen LogP contribution in [0.3, 0.4) is 0 Å². The van der Waals surface area contributed by atoms with E-state index in [1.165, 1.54) is 12.1 Å². The molecule has 0 unspecified atom stereocenters. The van der Waals surface area contributed by atoms with Gasteiger partial charge in [-0.3, -0.25) is 14.3 Å². The minimum absolute atomic E-state index is 0.279. The molecule has 7 nitrogen and oxygen atoms in total. The molecule has 2 heterocycles. The highest BCUT2D eigenvalue weighted by Gasteiger charge is 2.30. The summed E-state index contributed by atoms with van der Waals surface area (Å²) in [4.78, 5) is 25.3. The van der Waals surface area contributed by atoms with Gasteiger partial charge in [0.25, 0.3) is 5.56 Å². The highest BCUT2D eigenvalue weighted by atomic mass is 19.4. The molecule has 1 atom stereocenters. The number of fused-ring (bicyclic) bond motifs is 1. The van der Waals surface area contributed by atoms with Crippen molar-refractivity contribution in [2.45, 2.75) is 57.9 Å². The molecule has 1 aliphatic rings. The summed E-state index contributed by atoms with van der Waals surface area (Å²) in [5.41, 5.74) is 0.646. The maximum Gasteiger partial charge on any atom is 0.416 e. The minimum Gasteiger partial charge on any atom is -0.348 e. The molecular weight excluding hydrogens is 411 g/mol. The molecule has 1 saturated carbocycles. The van der Waals surface area contributed by atoms with Gasteiger partial charge in [-0.1, -0.05) is 12.1 Å². The van der Waals surface area contributed by atoms with Crippen LogP contribution in [0.5, 0.6) is 0 Å². The second-order valence-electron chi connectivity index (χ2n) is 7.89. The highest BCUT2D eigenvalue weighted by Crippen LogP contribution is 2.33. The Kier molecular flexibility index (Phi) is 5.32. The smallest absolute Gasteiger partial charge is 0.348 e. The first-order valence-corrected chi connectivity index (χ1v) is 10.1.